The molecule has 1 aromatic heterocycles. The molecular formula is C17H21FN4O2S. The molecule has 0 radical (unpaired) electrons. The van der Waals surface area contributed by atoms with Gasteiger partial charge in [-0.15, -0.1) is 10.2 Å². The Morgan fingerprint density at radius 1 is 1.36 bits per heavy atom. The van der Waals surface area contributed by atoms with Crippen LogP contribution in [0.15, 0.2) is 29.4 Å². The van der Waals surface area contributed by atoms with E-state index in [4.69, 9.17) is 4.74 Å². The van der Waals surface area contributed by atoms with E-state index in [1.165, 1.54) is 23.9 Å². The van der Waals surface area contributed by atoms with E-state index < -0.39 is 0 Å². The quantitative estimate of drug-likeness (QED) is 0.762. The van der Waals surface area contributed by atoms with E-state index in [1.807, 2.05) is 16.5 Å². The Labute approximate surface area is 150 Å². The molecule has 1 saturated heterocycles. The zero-order valence-electron chi connectivity index (χ0n) is 14.3. The number of rotatable bonds is 5. The SMILES string of the molecule is CC[C@H]1CN(C(=O)CSc2nnc(-c3ccc(F)cc3)n2C)CCO1. The van der Waals surface area contributed by atoms with Gasteiger partial charge in [0, 0.05) is 25.7 Å². The third-order valence-corrected chi connectivity index (χ3v) is 5.21. The van der Waals surface area contributed by atoms with E-state index in [2.05, 4.69) is 17.1 Å². The molecule has 0 saturated carbocycles. The van der Waals surface area contributed by atoms with Crippen LogP contribution in [0.25, 0.3) is 11.4 Å². The molecule has 0 N–H and O–H groups in total. The Balaban J connectivity index is 1.62. The van der Waals surface area contributed by atoms with Crippen molar-refractivity contribution in [2.45, 2.75) is 24.6 Å². The molecular weight excluding hydrogens is 343 g/mol. The first-order valence-electron chi connectivity index (χ1n) is 8.26. The summed E-state index contributed by atoms with van der Waals surface area (Å²) in [5, 5.41) is 8.97. The molecule has 8 heteroatoms. The van der Waals surface area contributed by atoms with Gasteiger partial charge in [0.05, 0.1) is 18.5 Å². The Kier molecular flexibility index (Phi) is 5.70. The van der Waals surface area contributed by atoms with Crippen molar-refractivity contribution in [3.05, 3.63) is 30.1 Å². The summed E-state index contributed by atoms with van der Waals surface area (Å²) in [5.41, 5.74) is 0.786. The van der Waals surface area contributed by atoms with Gasteiger partial charge in [0.2, 0.25) is 5.91 Å². The lowest BCUT2D eigenvalue weighted by Gasteiger charge is -2.32. The van der Waals surface area contributed by atoms with E-state index in [0.717, 1.165) is 12.0 Å². The van der Waals surface area contributed by atoms with Crippen LogP contribution in [0.5, 0.6) is 0 Å². The number of nitrogens with zero attached hydrogens (tertiary/aromatic N) is 4. The number of thioether (sulfide) groups is 1. The second-order valence-electron chi connectivity index (χ2n) is 5.90. The van der Waals surface area contributed by atoms with Crippen LogP contribution < -0.4 is 0 Å². The summed E-state index contributed by atoms with van der Waals surface area (Å²) >= 11 is 1.36. The summed E-state index contributed by atoms with van der Waals surface area (Å²) in [4.78, 5) is 14.3. The molecule has 0 spiro atoms. The zero-order valence-corrected chi connectivity index (χ0v) is 15.1. The number of hydrogen-bond acceptors (Lipinski definition) is 5. The van der Waals surface area contributed by atoms with E-state index in [-0.39, 0.29) is 17.8 Å². The Morgan fingerprint density at radius 3 is 2.84 bits per heavy atom. The number of halogens is 1. The van der Waals surface area contributed by atoms with Crippen molar-refractivity contribution in [1.29, 1.82) is 0 Å². The topological polar surface area (TPSA) is 60.2 Å². The lowest BCUT2D eigenvalue weighted by molar-refractivity contribution is -0.135. The molecule has 1 aliphatic rings. The number of carbonyl (C=O) groups excluding carboxylic acids is 1. The van der Waals surface area contributed by atoms with E-state index in [0.29, 0.717) is 36.4 Å². The van der Waals surface area contributed by atoms with Crippen LogP contribution in [0.4, 0.5) is 4.39 Å². The summed E-state index contributed by atoms with van der Waals surface area (Å²) in [6.07, 6.45) is 1.03. The average Bonchev–Trinajstić information content (AvgIpc) is 3.01. The largest absolute Gasteiger partial charge is 0.375 e. The van der Waals surface area contributed by atoms with Crippen molar-refractivity contribution >= 4 is 17.7 Å². The summed E-state index contributed by atoms with van der Waals surface area (Å²) in [5.74, 6) is 0.749. The van der Waals surface area contributed by atoms with E-state index in [1.54, 1.807) is 12.1 Å². The normalized spacial score (nSPS) is 17.7. The number of morpholine rings is 1. The molecule has 2 heterocycles. The molecule has 1 amide bonds. The number of aromatic nitrogens is 3. The standard InChI is InChI=1S/C17H21FN4O2S/c1-3-14-10-22(8-9-24-14)15(23)11-25-17-20-19-16(21(17)2)12-4-6-13(18)7-5-12/h4-7,14H,3,8-11H2,1-2H3/t14-/m0/s1. The number of amides is 1. The van der Waals surface area contributed by atoms with Crippen LogP contribution in [0.2, 0.25) is 0 Å². The molecule has 3 rings (SSSR count). The lowest BCUT2D eigenvalue weighted by atomic mass is 10.2. The first kappa shape index (κ1) is 17.9. The predicted octanol–water partition coefficient (Wildman–Crippen LogP) is 2.35. The van der Waals surface area contributed by atoms with Gasteiger partial charge in [-0.1, -0.05) is 18.7 Å². The van der Waals surface area contributed by atoms with Gasteiger partial charge in [0.15, 0.2) is 11.0 Å². The minimum atomic E-state index is -0.290. The van der Waals surface area contributed by atoms with Crippen molar-refractivity contribution in [1.82, 2.24) is 19.7 Å². The number of benzene rings is 1. The number of carbonyl (C=O) groups is 1. The smallest absolute Gasteiger partial charge is 0.233 e. The molecule has 0 aliphatic carbocycles. The highest BCUT2D eigenvalue weighted by Crippen LogP contribution is 2.23. The fraction of sp³-hybridized carbons (Fsp3) is 0.471. The minimum Gasteiger partial charge on any atom is -0.375 e. The van der Waals surface area contributed by atoms with Crippen molar-refractivity contribution in [2.75, 3.05) is 25.4 Å². The van der Waals surface area contributed by atoms with Gasteiger partial charge in [0.1, 0.15) is 5.82 Å². The molecule has 1 aromatic carbocycles. The highest BCUT2D eigenvalue weighted by molar-refractivity contribution is 7.99. The Hall–Kier alpha value is -1.93. The third-order valence-electron chi connectivity index (χ3n) is 4.21. The first-order valence-corrected chi connectivity index (χ1v) is 9.24. The second-order valence-corrected chi connectivity index (χ2v) is 6.84. The van der Waals surface area contributed by atoms with Crippen LogP contribution in [-0.4, -0.2) is 57.1 Å². The van der Waals surface area contributed by atoms with Crippen molar-refractivity contribution in [3.63, 3.8) is 0 Å². The average molecular weight is 364 g/mol. The van der Waals surface area contributed by atoms with Gasteiger partial charge in [-0.2, -0.15) is 0 Å². The Morgan fingerprint density at radius 2 is 2.12 bits per heavy atom. The first-order chi connectivity index (χ1) is 12.1. The van der Waals surface area contributed by atoms with Crippen molar-refractivity contribution < 1.29 is 13.9 Å². The summed E-state index contributed by atoms with van der Waals surface area (Å²) in [6, 6.07) is 6.11. The highest BCUT2D eigenvalue weighted by Gasteiger charge is 2.23. The lowest BCUT2D eigenvalue weighted by Crippen LogP contribution is -2.46. The number of hydrogen-bond donors (Lipinski definition) is 0. The zero-order chi connectivity index (χ0) is 17.8. The van der Waals surface area contributed by atoms with E-state index >= 15 is 0 Å². The van der Waals surface area contributed by atoms with Crippen molar-refractivity contribution in [3.8, 4) is 11.4 Å². The van der Waals surface area contributed by atoms with E-state index in [9.17, 15) is 9.18 Å². The molecule has 1 fully saturated rings. The fourth-order valence-electron chi connectivity index (χ4n) is 2.70. The van der Waals surface area contributed by atoms with Crippen LogP contribution in [-0.2, 0) is 16.6 Å². The third kappa shape index (κ3) is 4.19. The molecule has 1 atom stereocenters. The van der Waals surface area contributed by atoms with Crippen molar-refractivity contribution in [2.24, 2.45) is 7.05 Å². The molecule has 6 nitrogen and oxygen atoms in total. The van der Waals surface area contributed by atoms with Crippen LogP contribution in [0.1, 0.15) is 13.3 Å². The number of ether oxygens (including phenoxy) is 1. The molecule has 1 aliphatic heterocycles. The maximum absolute atomic E-state index is 13.0. The van der Waals surface area contributed by atoms with Crippen LogP contribution >= 0.6 is 11.8 Å². The summed E-state index contributed by atoms with van der Waals surface area (Å²) < 4.78 is 20.5. The molecule has 134 valence electrons. The van der Waals surface area contributed by atoms with Gasteiger partial charge >= 0.3 is 0 Å². The van der Waals surface area contributed by atoms with Gasteiger partial charge < -0.3 is 14.2 Å². The summed E-state index contributed by atoms with van der Waals surface area (Å²) in [6.45, 7) is 3.93. The summed E-state index contributed by atoms with van der Waals surface area (Å²) in [7, 11) is 1.84. The minimum absolute atomic E-state index is 0.0816. The predicted molar refractivity (Wildman–Crippen MR) is 93.7 cm³/mol. The van der Waals surface area contributed by atoms with Gasteiger partial charge in [0.25, 0.3) is 0 Å². The van der Waals surface area contributed by atoms with Gasteiger partial charge in [-0.3, -0.25) is 4.79 Å². The maximum Gasteiger partial charge on any atom is 0.233 e. The van der Waals surface area contributed by atoms with Crippen LogP contribution in [0, 0.1) is 5.82 Å². The van der Waals surface area contributed by atoms with Gasteiger partial charge in [-0.05, 0) is 30.7 Å². The second kappa shape index (κ2) is 7.97. The molecule has 2 aromatic rings. The monoisotopic (exact) mass is 364 g/mol. The highest BCUT2D eigenvalue weighted by atomic mass is 32.2. The molecule has 0 unspecified atom stereocenters. The van der Waals surface area contributed by atoms with Crippen LogP contribution in [0.3, 0.4) is 0 Å². The Bertz CT molecular complexity index is 735. The fourth-order valence-corrected chi connectivity index (χ4v) is 3.52. The van der Waals surface area contributed by atoms with Gasteiger partial charge in [-0.25, -0.2) is 4.39 Å². The maximum atomic E-state index is 13.0. The molecule has 25 heavy (non-hydrogen) atoms. The molecule has 0 bridgehead atoms.